The van der Waals surface area contributed by atoms with E-state index in [4.69, 9.17) is 4.74 Å². The first-order chi connectivity index (χ1) is 8.94. The Labute approximate surface area is 115 Å². The molecule has 0 aliphatic rings. The second-order valence-electron chi connectivity index (χ2n) is 4.90. The van der Waals surface area contributed by atoms with E-state index in [1.54, 1.807) is 29.8 Å². The van der Waals surface area contributed by atoms with E-state index in [1.807, 2.05) is 32.2 Å². The maximum Gasteiger partial charge on any atom is 0.413 e. The van der Waals surface area contributed by atoms with Crippen molar-refractivity contribution in [1.82, 2.24) is 9.97 Å². The number of carbonyl (C=O) groups is 1. The first kappa shape index (κ1) is 13.5. The van der Waals surface area contributed by atoms with E-state index in [0.29, 0.717) is 5.82 Å². The van der Waals surface area contributed by atoms with Gasteiger partial charge in [0.15, 0.2) is 0 Å². The number of hydrogen-bond acceptors (Lipinski definition) is 5. The second kappa shape index (κ2) is 5.36. The van der Waals surface area contributed by atoms with E-state index < -0.39 is 11.7 Å². The topological polar surface area (TPSA) is 64.1 Å². The Morgan fingerprint density at radius 1 is 1.32 bits per heavy atom. The molecule has 1 N–H and O–H groups in total. The summed E-state index contributed by atoms with van der Waals surface area (Å²) in [6, 6.07) is 3.58. The van der Waals surface area contributed by atoms with Crippen LogP contribution in [0.4, 0.5) is 10.6 Å². The quantitative estimate of drug-likeness (QED) is 0.911. The lowest BCUT2D eigenvalue weighted by molar-refractivity contribution is 0.0635. The van der Waals surface area contributed by atoms with Gasteiger partial charge in [0.05, 0.1) is 0 Å². The molecule has 0 fully saturated rings. The molecule has 0 spiro atoms. The van der Waals surface area contributed by atoms with Gasteiger partial charge in [-0.25, -0.2) is 14.8 Å². The molecule has 0 aliphatic carbocycles. The molecule has 0 saturated heterocycles. The van der Waals surface area contributed by atoms with Gasteiger partial charge >= 0.3 is 6.09 Å². The third kappa shape index (κ3) is 4.03. The summed E-state index contributed by atoms with van der Waals surface area (Å²) in [4.78, 5) is 19.9. The molecule has 0 aliphatic heterocycles. The molecule has 19 heavy (non-hydrogen) atoms. The van der Waals surface area contributed by atoms with Crippen LogP contribution in [-0.2, 0) is 4.74 Å². The van der Waals surface area contributed by atoms with Gasteiger partial charge in [0.25, 0.3) is 0 Å². The van der Waals surface area contributed by atoms with E-state index in [9.17, 15) is 4.79 Å². The van der Waals surface area contributed by atoms with Crippen LogP contribution in [0.3, 0.4) is 0 Å². The lowest BCUT2D eigenvalue weighted by Gasteiger charge is -2.19. The maximum absolute atomic E-state index is 11.6. The molecule has 0 radical (unpaired) electrons. The van der Waals surface area contributed by atoms with Gasteiger partial charge in [-0.2, -0.15) is 0 Å². The zero-order valence-corrected chi connectivity index (χ0v) is 11.8. The number of ether oxygens (including phenoxy) is 1. The Balaban J connectivity index is 2.01. The highest BCUT2D eigenvalue weighted by molar-refractivity contribution is 7.13. The summed E-state index contributed by atoms with van der Waals surface area (Å²) in [5.74, 6) is 0.453. The minimum Gasteiger partial charge on any atom is -0.444 e. The highest BCUT2D eigenvalue weighted by Gasteiger charge is 2.16. The van der Waals surface area contributed by atoms with Gasteiger partial charge in [0.1, 0.15) is 16.4 Å². The highest BCUT2D eigenvalue weighted by Crippen LogP contribution is 2.21. The summed E-state index contributed by atoms with van der Waals surface area (Å²) in [7, 11) is 0. The third-order valence-electron chi connectivity index (χ3n) is 2.07. The van der Waals surface area contributed by atoms with Crippen LogP contribution in [0.2, 0.25) is 0 Å². The predicted molar refractivity (Wildman–Crippen MR) is 75.2 cm³/mol. The number of aromatic nitrogens is 2. The van der Waals surface area contributed by atoms with E-state index >= 15 is 0 Å². The fraction of sp³-hybridized carbons (Fsp3) is 0.308. The number of thiazole rings is 1. The second-order valence-corrected chi connectivity index (χ2v) is 5.79. The number of rotatable bonds is 2. The molecule has 5 nitrogen and oxygen atoms in total. The number of amides is 1. The van der Waals surface area contributed by atoms with Gasteiger partial charge in [0, 0.05) is 23.3 Å². The van der Waals surface area contributed by atoms with Crippen molar-refractivity contribution in [3.63, 3.8) is 0 Å². The van der Waals surface area contributed by atoms with Crippen LogP contribution in [0.15, 0.2) is 29.9 Å². The van der Waals surface area contributed by atoms with Gasteiger partial charge in [-0.3, -0.25) is 5.32 Å². The van der Waals surface area contributed by atoms with E-state index in [0.717, 1.165) is 10.6 Å². The Morgan fingerprint density at radius 2 is 2.11 bits per heavy atom. The number of hydrogen-bond donors (Lipinski definition) is 1. The zero-order chi connectivity index (χ0) is 13.9. The van der Waals surface area contributed by atoms with Crippen molar-refractivity contribution in [2.45, 2.75) is 26.4 Å². The highest BCUT2D eigenvalue weighted by atomic mass is 32.1. The van der Waals surface area contributed by atoms with Crippen molar-refractivity contribution >= 4 is 23.2 Å². The third-order valence-corrected chi connectivity index (χ3v) is 2.89. The fourth-order valence-corrected chi connectivity index (χ4v) is 2.00. The summed E-state index contributed by atoms with van der Waals surface area (Å²) in [5.41, 5.74) is 0.398. The molecule has 2 heterocycles. The molecule has 0 atom stereocenters. The van der Waals surface area contributed by atoms with Crippen molar-refractivity contribution in [3.05, 3.63) is 29.9 Å². The predicted octanol–water partition coefficient (Wildman–Crippen LogP) is 3.55. The van der Waals surface area contributed by atoms with Crippen LogP contribution >= 0.6 is 11.3 Å². The van der Waals surface area contributed by atoms with Crippen molar-refractivity contribution in [2.75, 3.05) is 5.32 Å². The van der Waals surface area contributed by atoms with Crippen LogP contribution in [0.1, 0.15) is 20.8 Å². The molecule has 2 aromatic heterocycles. The average molecular weight is 277 g/mol. The number of carbonyl (C=O) groups excluding carboxylic acids is 1. The lowest BCUT2D eigenvalue weighted by atomic mass is 10.2. The molecular weight excluding hydrogens is 262 g/mol. The van der Waals surface area contributed by atoms with Crippen LogP contribution < -0.4 is 5.32 Å². The maximum atomic E-state index is 11.6. The Morgan fingerprint density at radius 3 is 2.63 bits per heavy atom. The number of nitrogens with zero attached hydrogens (tertiary/aromatic N) is 2. The molecule has 0 saturated carbocycles. The SMILES string of the molecule is CC(C)(C)OC(=O)Nc1ccc(-c2nccs2)cn1. The zero-order valence-electron chi connectivity index (χ0n) is 11.0. The number of pyridine rings is 1. The molecule has 2 rings (SSSR count). The first-order valence-corrected chi connectivity index (χ1v) is 6.68. The summed E-state index contributed by atoms with van der Waals surface area (Å²) in [6.45, 7) is 5.43. The standard InChI is InChI=1S/C13H15N3O2S/c1-13(2,3)18-12(17)16-10-5-4-9(8-15-10)11-14-6-7-19-11/h4-8H,1-3H3,(H,15,16,17). The molecule has 0 aromatic carbocycles. The van der Waals surface area contributed by atoms with Crippen LogP contribution in [0.25, 0.3) is 10.6 Å². The van der Waals surface area contributed by atoms with Crippen molar-refractivity contribution in [1.29, 1.82) is 0 Å². The van der Waals surface area contributed by atoms with E-state index in [1.165, 1.54) is 0 Å². The Kier molecular flexibility index (Phi) is 3.80. The van der Waals surface area contributed by atoms with Gasteiger partial charge in [-0.1, -0.05) is 0 Å². The lowest BCUT2D eigenvalue weighted by Crippen LogP contribution is -2.27. The van der Waals surface area contributed by atoms with Gasteiger partial charge in [0.2, 0.25) is 0 Å². The van der Waals surface area contributed by atoms with Crippen molar-refractivity contribution in [2.24, 2.45) is 0 Å². The molecule has 100 valence electrons. The van der Waals surface area contributed by atoms with E-state index in [-0.39, 0.29) is 0 Å². The van der Waals surface area contributed by atoms with Crippen LogP contribution in [-0.4, -0.2) is 21.7 Å². The van der Waals surface area contributed by atoms with Crippen LogP contribution in [0, 0.1) is 0 Å². The normalized spacial score (nSPS) is 11.1. The monoisotopic (exact) mass is 277 g/mol. The summed E-state index contributed by atoms with van der Waals surface area (Å²) in [6.07, 6.45) is 2.90. The van der Waals surface area contributed by atoms with Crippen molar-refractivity contribution in [3.8, 4) is 10.6 Å². The van der Waals surface area contributed by atoms with Gasteiger partial charge in [-0.05, 0) is 32.9 Å². The number of nitrogens with one attached hydrogen (secondary N) is 1. The number of anilines is 1. The van der Waals surface area contributed by atoms with E-state index in [2.05, 4.69) is 15.3 Å². The average Bonchev–Trinajstić information content (AvgIpc) is 2.80. The first-order valence-electron chi connectivity index (χ1n) is 5.80. The summed E-state index contributed by atoms with van der Waals surface area (Å²) >= 11 is 1.54. The minimum atomic E-state index is -0.523. The molecule has 0 unspecified atom stereocenters. The van der Waals surface area contributed by atoms with Crippen LogP contribution in [0.5, 0.6) is 0 Å². The molecule has 0 bridgehead atoms. The fourth-order valence-electron chi connectivity index (χ4n) is 1.37. The minimum absolute atomic E-state index is 0.453. The Hall–Kier alpha value is -1.95. The Bertz CT molecular complexity index is 544. The molecule has 1 amide bonds. The summed E-state index contributed by atoms with van der Waals surface area (Å²) in [5, 5.41) is 5.39. The molecular formula is C13H15N3O2S. The molecule has 6 heteroatoms. The van der Waals surface area contributed by atoms with Gasteiger partial charge < -0.3 is 4.74 Å². The van der Waals surface area contributed by atoms with Crippen molar-refractivity contribution < 1.29 is 9.53 Å². The summed E-state index contributed by atoms with van der Waals surface area (Å²) < 4.78 is 5.14. The van der Waals surface area contributed by atoms with Gasteiger partial charge in [-0.15, -0.1) is 11.3 Å². The largest absolute Gasteiger partial charge is 0.444 e. The smallest absolute Gasteiger partial charge is 0.413 e. The molecule has 2 aromatic rings.